The highest BCUT2D eigenvalue weighted by atomic mass is 35.5. The highest BCUT2D eigenvalue weighted by molar-refractivity contribution is 6.29. The summed E-state index contributed by atoms with van der Waals surface area (Å²) in [6.45, 7) is 3.14. The van der Waals surface area contributed by atoms with Gasteiger partial charge in [0.2, 0.25) is 0 Å². The number of aromatic nitrogens is 1. The number of hydrogen-bond donors (Lipinski definition) is 1. The monoisotopic (exact) mass is 396 g/mol. The molecule has 3 rings (SSSR count). The number of halogens is 4. The third-order valence-corrected chi connectivity index (χ3v) is 4.50. The van der Waals surface area contributed by atoms with Crippen LogP contribution in [-0.4, -0.2) is 17.3 Å². The second-order valence-electron chi connectivity index (χ2n) is 6.31. The number of nitrogens with one attached hydrogen (secondary N) is 1. The smallest absolute Gasteiger partial charge is 0.417 e. The first kappa shape index (κ1) is 19.2. The van der Waals surface area contributed by atoms with Crippen LogP contribution in [0.1, 0.15) is 29.7 Å². The molecule has 1 fully saturated rings. The third kappa shape index (κ3) is 4.60. The lowest BCUT2D eigenvalue weighted by molar-refractivity contribution is -0.0689. The van der Waals surface area contributed by atoms with Crippen LogP contribution < -0.4 is 5.32 Å². The van der Waals surface area contributed by atoms with Gasteiger partial charge in [0.05, 0.1) is 16.8 Å². The Labute approximate surface area is 159 Å². The van der Waals surface area contributed by atoms with E-state index in [0.717, 1.165) is 5.56 Å². The van der Waals surface area contributed by atoms with Crippen molar-refractivity contribution in [2.24, 2.45) is 0 Å². The third-order valence-electron chi connectivity index (χ3n) is 4.30. The van der Waals surface area contributed by atoms with Crippen LogP contribution in [0, 0.1) is 0 Å². The molecule has 1 saturated carbocycles. The Balaban J connectivity index is 1.72. The van der Waals surface area contributed by atoms with E-state index in [-0.39, 0.29) is 17.5 Å². The predicted molar refractivity (Wildman–Crippen MR) is 95.0 cm³/mol. The van der Waals surface area contributed by atoms with Gasteiger partial charge < -0.3 is 10.1 Å². The van der Waals surface area contributed by atoms with Crippen molar-refractivity contribution >= 4 is 23.3 Å². The first-order valence-corrected chi connectivity index (χ1v) is 8.51. The van der Waals surface area contributed by atoms with Gasteiger partial charge in [0.1, 0.15) is 11.8 Å². The van der Waals surface area contributed by atoms with E-state index in [1.54, 1.807) is 0 Å². The SMILES string of the molecule is C=C(c1cc(C2(NC(=O)OCc3ccccc3)CC2)cc(Cl)n1)C(F)(F)F. The van der Waals surface area contributed by atoms with E-state index in [1.165, 1.54) is 12.1 Å². The largest absolute Gasteiger partial charge is 0.445 e. The van der Waals surface area contributed by atoms with E-state index >= 15 is 0 Å². The fraction of sp³-hybridized carbons (Fsp3) is 0.263. The maximum Gasteiger partial charge on any atom is 0.417 e. The number of pyridine rings is 1. The van der Waals surface area contributed by atoms with Gasteiger partial charge in [-0.3, -0.25) is 0 Å². The number of ether oxygens (including phenoxy) is 1. The number of allylic oxidation sites excluding steroid dienone is 1. The number of benzene rings is 1. The number of nitrogens with zero attached hydrogens (tertiary/aromatic N) is 1. The molecule has 1 aliphatic rings. The molecule has 0 unspecified atom stereocenters. The highest BCUT2D eigenvalue weighted by Crippen LogP contribution is 2.47. The van der Waals surface area contributed by atoms with E-state index < -0.39 is 23.4 Å². The second-order valence-corrected chi connectivity index (χ2v) is 6.70. The molecular formula is C19H16ClF3N2O2. The van der Waals surface area contributed by atoms with E-state index in [9.17, 15) is 18.0 Å². The molecule has 2 aromatic rings. The Hall–Kier alpha value is -2.54. The summed E-state index contributed by atoms with van der Waals surface area (Å²) < 4.78 is 43.9. The molecule has 1 N–H and O–H groups in total. The summed E-state index contributed by atoms with van der Waals surface area (Å²) in [5.41, 5.74) is -0.988. The minimum absolute atomic E-state index is 0.0932. The molecule has 8 heteroatoms. The number of rotatable bonds is 5. The zero-order valence-electron chi connectivity index (χ0n) is 14.1. The van der Waals surface area contributed by atoms with E-state index in [0.29, 0.717) is 18.4 Å². The van der Waals surface area contributed by atoms with Crippen molar-refractivity contribution < 1.29 is 22.7 Å². The molecule has 0 radical (unpaired) electrons. The normalized spacial score (nSPS) is 15.1. The van der Waals surface area contributed by atoms with Gasteiger partial charge >= 0.3 is 12.3 Å². The molecule has 142 valence electrons. The van der Waals surface area contributed by atoms with Crippen molar-refractivity contribution in [1.82, 2.24) is 10.3 Å². The molecule has 1 amide bonds. The van der Waals surface area contributed by atoms with Crippen LogP contribution in [0.4, 0.5) is 18.0 Å². The van der Waals surface area contributed by atoms with Crippen LogP contribution in [0.5, 0.6) is 0 Å². The number of carbonyl (C=O) groups excluding carboxylic acids is 1. The van der Waals surface area contributed by atoms with Crippen molar-refractivity contribution in [3.05, 3.63) is 71.0 Å². The number of hydrogen-bond acceptors (Lipinski definition) is 3. The van der Waals surface area contributed by atoms with Crippen molar-refractivity contribution in [1.29, 1.82) is 0 Å². The summed E-state index contributed by atoms with van der Waals surface area (Å²) in [6.07, 6.45) is -4.15. The number of carbonyl (C=O) groups is 1. The first-order valence-electron chi connectivity index (χ1n) is 8.13. The summed E-state index contributed by atoms with van der Waals surface area (Å²) in [7, 11) is 0. The molecule has 0 saturated heterocycles. The van der Waals surface area contributed by atoms with E-state index in [2.05, 4.69) is 16.9 Å². The van der Waals surface area contributed by atoms with Gasteiger partial charge in [0.25, 0.3) is 0 Å². The van der Waals surface area contributed by atoms with Gasteiger partial charge in [-0.15, -0.1) is 0 Å². The fourth-order valence-electron chi connectivity index (χ4n) is 2.64. The topological polar surface area (TPSA) is 51.2 Å². The van der Waals surface area contributed by atoms with Gasteiger partial charge in [-0.2, -0.15) is 13.2 Å². The minimum Gasteiger partial charge on any atom is -0.445 e. The van der Waals surface area contributed by atoms with Crippen molar-refractivity contribution in [2.45, 2.75) is 31.2 Å². The van der Waals surface area contributed by atoms with Gasteiger partial charge in [-0.1, -0.05) is 48.5 Å². The Morgan fingerprint density at radius 1 is 1.26 bits per heavy atom. The van der Waals surface area contributed by atoms with Crippen LogP contribution in [0.3, 0.4) is 0 Å². The molecule has 1 aliphatic carbocycles. The summed E-state index contributed by atoms with van der Waals surface area (Å²) in [6, 6.07) is 11.8. The highest BCUT2D eigenvalue weighted by Gasteiger charge is 2.47. The van der Waals surface area contributed by atoms with Gasteiger partial charge in [0.15, 0.2) is 0 Å². The lowest BCUT2D eigenvalue weighted by atomic mass is 10.0. The van der Waals surface area contributed by atoms with E-state index in [4.69, 9.17) is 16.3 Å². The molecule has 1 aromatic heterocycles. The summed E-state index contributed by atoms with van der Waals surface area (Å²) in [5, 5.41) is 2.63. The zero-order chi connectivity index (χ0) is 19.7. The van der Waals surface area contributed by atoms with Gasteiger partial charge in [0, 0.05) is 0 Å². The minimum atomic E-state index is -4.62. The lowest BCUT2D eigenvalue weighted by Gasteiger charge is -2.19. The number of alkyl carbamates (subject to hydrolysis) is 1. The molecule has 0 spiro atoms. The van der Waals surface area contributed by atoms with Crippen LogP contribution in [0.15, 0.2) is 49.0 Å². The Bertz CT molecular complexity index is 865. The molecule has 1 heterocycles. The Kier molecular flexibility index (Phi) is 5.15. The fourth-order valence-corrected chi connectivity index (χ4v) is 2.85. The average Bonchev–Trinajstić information content (AvgIpc) is 3.39. The summed E-state index contributed by atoms with van der Waals surface area (Å²) in [5.74, 6) is 0. The molecule has 0 atom stereocenters. The lowest BCUT2D eigenvalue weighted by Crippen LogP contribution is -2.35. The molecule has 0 bridgehead atoms. The summed E-state index contributed by atoms with van der Waals surface area (Å²) in [4.78, 5) is 15.8. The van der Waals surface area contributed by atoms with Crippen molar-refractivity contribution in [2.75, 3.05) is 0 Å². The Morgan fingerprint density at radius 2 is 1.93 bits per heavy atom. The standard InChI is InChI=1S/C19H16ClF3N2O2/c1-12(19(21,22)23)15-9-14(10-16(20)24-15)18(7-8-18)25-17(26)27-11-13-5-3-2-4-6-13/h2-6,9-10H,1,7-8,11H2,(H,25,26). The first-order chi connectivity index (χ1) is 12.7. The van der Waals surface area contributed by atoms with Crippen molar-refractivity contribution in [3.63, 3.8) is 0 Å². The molecule has 27 heavy (non-hydrogen) atoms. The maximum absolute atomic E-state index is 12.9. The Morgan fingerprint density at radius 3 is 2.52 bits per heavy atom. The predicted octanol–water partition coefficient (Wildman–Crippen LogP) is 5.23. The average molecular weight is 397 g/mol. The van der Waals surface area contributed by atoms with Gasteiger partial charge in [-0.25, -0.2) is 9.78 Å². The molecule has 0 aliphatic heterocycles. The second kappa shape index (κ2) is 7.23. The van der Waals surface area contributed by atoms with Crippen molar-refractivity contribution in [3.8, 4) is 0 Å². The molecular weight excluding hydrogens is 381 g/mol. The number of alkyl halides is 3. The van der Waals surface area contributed by atoms with Crippen LogP contribution in [0.25, 0.3) is 5.57 Å². The van der Waals surface area contributed by atoms with E-state index in [1.807, 2.05) is 30.3 Å². The maximum atomic E-state index is 12.9. The van der Waals surface area contributed by atoms with Crippen LogP contribution in [-0.2, 0) is 16.9 Å². The number of amides is 1. The zero-order valence-corrected chi connectivity index (χ0v) is 14.9. The van der Waals surface area contributed by atoms with Gasteiger partial charge in [-0.05, 0) is 36.1 Å². The van der Waals surface area contributed by atoms with Crippen LogP contribution in [0.2, 0.25) is 5.15 Å². The molecule has 1 aromatic carbocycles. The quantitative estimate of drug-likeness (QED) is 0.704. The molecule has 4 nitrogen and oxygen atoms in total. The van der Waals surface area contributed by atoms with Crippen LogP contribution >= 0.6 is 11.6 Å². The summed E-state index contributed by atoms with van der Waals surface area (Å²) >= 11 is 5.89.